The van der Waals surface area contributed by atoms with Crippen LogP contribution in [0.1, 0.15) is 13.3 Å². The molecule has 9 heteroatoms. The molecule has 152 valence electrons. The van der Waals surface area contributed by atoms with Crippen LogP contribution in [0.3, 0.4) is 0 Å². The number of amides is 1. The molecule has 6 nitrogen and oxygen atoms in total. The molecule has 0 fully saturated rings. The molecule has 0 bridgehead atoms. The number of benzene rings is 1. The topological polar surface area (TPSA) is 78.4 Å². The summed E-state index contributed by atoms with van der Waals surface area (Å²) in [6.45, 7) is 3.43. The fourth-order valence-electron chi connectivity index (χ4n) is 2.13. The van der Waals surface area contributed by atoms with Crippen LogP contribution in [0.15, 0.2) is 58.7 Å². The van der Waals surface area contributed by atoms with Gasteiger partial charge in [-0.05, 0) is 55.5 Å². The van der Waals surface area contributed by atoms with Gasteiger partial charge in [-0.25, -0.2) is 9.38 Å². The third-order valence-corrected chi connectivity index (χ3v) is 4.46. The molecule has 0 radical (unpaired) electrons. The molecule has 1 amide bonds. The van der Waals surface area contributed by atoms with Crippen LogP contribution in [0.2, 0.25) is 0 Å². The van der Waals surface area contributed by atoms with Gasteiger partial charge in [0.25, 0.3) is 0 Å². The van der Waals surface area contributed by atoms with Gasteiger partial charge in [0.2, 0.25) is 5.91 Å². The van der Waals surface area contributed by atoms with Gasteiger partial charge in [-0.1, -0.05) is 0 Å². The van der Waals surface area contributed by atoms with Gasteiger partial charge < -0.3 is 16.0 Å². The van der Waals surface area contributed by atoms with Crippen molar-refractivity contribution < 1.29 is 9.18 Å². The molecule has 1 heterocycles. The Morgan fingerprint density at radius 1 is 1.21 bits per heavy atom. The number of hydrogen-bond acceptors (Lipinski definition) is 4. The van der Waals surface area contributed by atoms with Gasteiger partial charge in [-0.3, -0.25) is 9.78 Å². The van der Waals surface area contributed by atoms with Crippen molar-refractivity contribution in [2.45, 2.75) is 18.2 Å². The fraction of sp³-hybridized carbons (Fsp3) is 0.316. The molecule has 0 saturated heterocycles. The van der Waals surface area contributed by atoms with E-state index in [1.165, 1.54) is 12.1 Å². The molecule has 1 aromatic heterocycles. The van der Waals surface area contributed by atoms with Crippen LogP contribution >= 0.6 is 35.7 Å². The van der Waals surface area contributed by atoms with Crippen LogP contribution in [-0.4, -0.2) is 42.2 Å². The van der Waals surface area contributed by atoms with Gasteiger partial charge in [-0.15, -0.1) is 35.7 Å². The Labute approximate surface area is 186 Å². The van der Waals surface area contributed by atoms with Crippen molar-refractivity contribution in [1.29, 1.82) is 0 Å². The second-order valence-corrected chi connectivity index (χ2v) is 6.74. The molecular weight excluding hydrogens is 492 g/mol. The van der Waals surface area contributed by atoms with Crippen molar-refractivity contribution in [3.63, 3.8) is 0 Å². The van der Waals surface area contributed by atoms with Crippen LogP contribution in [0.4, 0.5) is 10.1 Å². The highest BCUT2D eigenvalue weighted by Gasteiger charge is 2.03. The summed E-state index contributed by atoms with van der Waals surface area (Å²) in [7, 11) is 0. The van der Waals surface area contributed by atoms with Crippen LogP contribution in [0.5, 0.6) is 0 Å². The smallest absolute Gasteiger partial charge is 0.246 e. The zero-order chi connectivity index (χ0) is 19.3. The zero-order valence-corrected chi connectivity index (χ0v) is 18.8. The first kappa shape index (κ1) is 24.2. The van der Waals surface area contributed by atoms with Gasteiger partial charge in [-0.2, -0.15) is 0 Å². The number of nitrogens with zero attached hydrogens (tertiary/aromatic N) is 2. The normalized spacial score (nSPS) is 10.7. The van der Waals surface area contributed by atoms with Gasteiger partial charge in [0.1, 0.15) is 12.4 Å². The summed E-state index contributed by atoms with van der Waals surface area (Å²) in [5, 5.41) is 9.07. The number of pyridine rings is 1. The van der Waals surface area contributed by atoms with Crippen molar-refractivity contribution in [2.75, 3.05) is 30.7 Å². The van der Waals surface area contributed by atoms with E-state index in [1.807, 2.05) is 6.92 Å². The number of thioether (sulfide) groups is 1. The molecule has 0 spiro atoms. The van der Waals surface area contributed by atoms with E-state index >= 15 is 0 Å². The van der Waals surface area contributed by atoms with Crippen LogP contribution in [0, 0.1) is 5.82 Å². The number of guanidine groups is 1. The van der Waals surface area contributed by atoms with E-state index in [1.54, 1.807) is 48.4 Å². The number of anilines is 1. The first-order valence-corrected chi connectivity index (χ1v) is 9.76. The number of halogens is 2. The van der Waals surface area contributed by atoms with E-state index in [0.717, 1.165) is 23.6 Å². The summed E-state index contributed by atoms with van der Waals surface area (Å²) >= 11 is 1.68. The van der Waals surface area contributed by atoms with E-state index in [-0.39, 0.29) is 42.2 Å². The number of aliphatic imine (C=N–C) groups is 1. The highest BCUT2D eigenvalue weighted by atomic mass is 127. The number of nitrogens with one attached hydrogen (secondary N) is 3. The van der Waals surface area contributed by atoms with E-state index in [4.69, 9.17) is 0 Å². The lowest BCUT2D eigenvalue weighted by atomic mass is 10.4. The highest BCUT2D eigenvalue weighted by Crippen LogP contribution is 2.18. The number of aromatic nitrogens is 1. The molecule has 0 atom stereocenters. The Morgan fingerprint density at radius 3 is 2.68 bits per heavy atom. The summed E-state index contributed by atoms with van der Waals surface area (Å²) in [5.74, 6) is 1.08. The molecule has 0 aliphatic carbocycles. The van der Waals surface area contributed by atoms with Gasteiger partial charge in [0.05, 0.1) is 11.9 Å². The maximum Gasteiger partial charge on any atom is 0.246 e. The minimum atomic E-state index is -0.222. The van der Waals surface area contributed by atoms with Crippen LogP contribution < -0.4 is 16.0 Å². The van der Waals surface area contributed by atoms with Crippen molar-refractivity contribution >= 4 is 53.3 Å². The molecule has 3 N–H and O–H groups in total. The van der Waals surface area contributed by atoms with E-state index in [2.05, 4.69) is 25.9 Å². The predicted octanol–water partition coefficient (Wildman–Crippen LogP) is 3.51. The lowest BCUT2D eigenvalue weighted by Gasteiger charge is -2.11. The maximum absolute atomic E-state index is 12.9. The first-order valence-electron chi connectivity index (χ1n) is 8.78. The summed E-state index contributed by atoms with van der Waals surface area (Å²) < 4.78 is 12.9. The minimum absolute atomic E-state index is 0. The molecule has 1 aromatic carbocycles. The standard InChI is InChI=1S/C19H24FN5OS.HI/c1-2-22-19(24-14-18(26)25-16-5-3-10-21-13-16)23-11-4-12-27-17-8-6-15(20)7-9-17;/h3,5-10,13H,2,4,11-12,14H2,1H3,(H,25,26)(H2,22,23,24);1H. The second kappa shape index (κ2) is 14.2. The third kappa shape index (κ3) is 9.88. The predicted molar refractivity (Wildman–Crippen MR) is 124 cm³/mol. The number of carbonyl (C=O) groups excluding carboxylic acids is 1. The zero-order valence-electron chi connectivity index (χ0n) is 15.7. The Bertz CT molecular complexity index is 731. The number of carbonyl (C=O) groups is 1. The van der Waals surface area contributed by atoms with Gasteiger partial charge >= 0.3 is 0 Å². The molecule has 2 aromatic rings. The fourth-order valence-corrected chi connectivity index (χ4v) is 2.98. The molecule has 28 heavy (non-hydrogen) atoms. The average molecular weight is 517 g/mol. The largest absolute Gasteiger partial charge is 0.357 e. The van der Waals surface area contributed by atoms with Gasteiger partial charge in [0, 0.05) is 24.2 Å². The Balaban J connectivity index is 0.00000392. The summed E-state index contributed by atoms with van der Waals surface area (Å²) in [6, 6.07) is 10.0. The summed E-state index contributed by atoms with van der Waals surface area (Å²) in [5.41, 5.74) is 0.647. The minimum Gasteiger partial charge on any atom is -0.357 e. The monoisotopic (exact) mass is 517 g/mol. The lowest BCUT2D eigenvalue weighted by molar-refractivity contribution is -0.114. The van der Waals surface area contributed by atoms with Crippen molar-refractivity contribution in [3.05, 3.63) is 54.6 Å². The summed E-state index contributed by atoms with van der Waals surface area (Å²) in [4.78, 5) is 21.2. The Kier molecular flexibility index (Phi) is 12.2. The molecular formula is C19H25FIN5OS. The number of hydrogen-bond donors (Lipinski definition) is 3. The number of rotatable bonds is 9. The van der Waals surface area contributed by atoms with E-state index in [0.29, 0.717) is 18.2 Å². The van der Waals surface area contributed by atoms with Crippen molar-refractivity contribution in [1.82, 2.24) is 15.6 Å². The third-order valence-electron chi connectivity index (χ3n) is 3.37. The van der Waals surface area contributed by atoms with E-state index in [9.17, 15) is 9.18 Å². The van der Waals surface area contributed by atoms with Crippen molar-refractivity contribution in [3.8, 4) is 0 Å². The lowest BCUT2D eigenvalue weighted by Crippen LogP contribution is -2.38. The van der Waals surface area contributed by atoms with Crippen molar-refractivity contribution in [2.24, 2.45) is 4.99 Å². The van der Waals surface area contributed by atoms with E-state index < -0.39 is 0 Å². The SMILES string of the molecule is CCNC(=NCC(=O)Nc1cccnc1)NCCCSc1ccc(F)cc1.I. The molecule has 0 unspecified atom stereocenters. The van der Waals surface area contributed by atoms with Gasteiger partial charge in [0.15, 0.2) is 5.96 Å². The second-order valence-electron chi connectivity index (χ2n) is 5.57. The molecule has 0 aliphatic rings. The molecule has 2 rings (SSSR count). The molecule has 0 aliphatic heterocycles. The quantitative estimate of drug-likeness (QED) is 0.156. The average Bonchev–Trinajstić information content (AvgIpc) is 2.68. The maximum atomic E-state index is 12.9. The van der Waals surface area contributed by atoms with Crippen LogP contribution in [-0.2, 0) is 4.79 Å². The first-order chi connectivity index (χ1) is 13.2. The van der Waals surface area contributed by atoms with Crippen LogP contribution in [0.25, 0.3) is 0 Å². The Hall–Kier alpha value is -1.88. The summed E-state index contributed by atoms with van der Waals surface area (Å²) in [6.07, 6.45) is 4.15. The highest BCUT2D eigenvalue weighted by molar-refractivity contribution is 14.0. The Morgan fingerprint density at radius 2 is 2.00 bits per heavy atom. The molecule has 0 saturated carbocycles.